The molecule has 2 aliphatic heterocycles. The van der Waals surface area contributed by atoms with Gasteiger partial charge in [-0.05, 0) is 37.4 Å². The van der Waals surface area contributed by atoms with Crippen molar-refractivity contribution in [3.8, 4) is 5.75 Å². The van der Waals surface area contributed by atoms with Gasteiger partial charge in [0.1, 0.15) is 5.75 Å². The lowest BCUT2D eigenvalue weighted by molar-refractivity contribution is 0.415. The van der Waals surface area contributed by atoms with E-state index in [1.54, 1.807) is 7.11 Å². The molecule has 92 valence electrons. The summed E-state index contributed by atoms with van der Waals surface area (Å²) in [4.78, 5) is 2.50. The second-order valence-electron chi connectivity index (χ2n) is 4.98. The molecule has 17 heavy (non-hydrogen) atoms. The highest BCUT2D eigenvalue weighted by atomic mass is 16.5. The van der Waals surface area contributed by atoms with E-state index in [0.717, 1.165) is 18.8 Å². The van der Waals surface area contributed by atoms with Gasteiger partial charge in [-0.3, -0.25) is 0 Å². The molecule has 3 nitrogen and oxygen atoms in total. The lowest BCUT2D eigenvalue weighted by atomic mass is 10.1. The van der Waals surface area contributed by atoms with Gasteiger partial charge in [-0.25, -0.2) is 0 Å². The van der Waals surface area contributed by atoms with Gasteiger partial charge in [0.05, 0.1) is 7.11 Å². The number of fused-ring (bicyclic) bond motifs is 1. The Morgan fingerprint density at radius 1 is 1.47 bits per heavy atom. The second-order valence-corrected chi connectivity index (χ2v) is 4.98. The van der Waals surface area contributed by atoms with Crippen molar-refractivity contribution in [1.82, 2.24) is 5.32 Å². The minimum Gasteiger partial charge on any atom is -0.497 e. The molecule has 0 radical (unpaired) electrons. The standard InChI is InChI=1S/C14H20N2O/c1-17-13-5-4-11-6-8-16(14(11)9-13)10-12-3-2-7-15-12/h4-5,9,12,15H,2-3,6-8,10H2,1H3/t12-/m1/s1. The predicted molar refractivity (Wildman–Crippen MR) is 69.9 cm³/mol. The molecule has 0 spiro atoms. The third kappa shape index (κ3) is 2.12. The lowest BCUT2D eigenvalue weighted by Crippen LogP contribution is -2.36. The molecule has 1 N–H and O–H groups in total. The molecule has 2 aliphatic rings. The van der Waals surface area contributed by atoms with Crippen molar-refractivity contribution in [3.63, 3.8) is 0 Å². The van der Waals surface area contributed by atoms with Crippen LogP contribution in [0.15, 0.2) is 18.2 Å². The average molecular weight is 232 g/mol. The van der Waals surface area contributed by atoms with E-state index in [4.69, 9.17) is 4.74 Å². The maximum absolute atomic E-state index is 5.32. The first-order valence-electron chi connectivity index (χ1n) is 6.52. The van der Waals surface area contributed by atoms with Gasteiger partial charge in [0.25, 0.3) is 0 Å². The Bertz CT molecular complexity index is 399. The molecule has 0 saturated carbocycles. The van der Waals surface area contributed by atoms with Gasteiger partial charge in [0.15, 0.2) is 0 Å². The van der Waals surface area contributed by atoms with Gasteiger partial charge in [-0.1, -0.05) is 6.07 Å². The minimum absolute atomic E-state index is 0.673. The molecule has 3 heteroatoms. The maximum Gasteiger partial charge on any atom is 0.120 e. The molecule has 1 saturated heterocycles. The maximum atomic E-state index is 5.32. The van der Waals surface area contributed by atoms with Crippen molar-refractivity contribution in [2.24, 2.45) is 0 Å². The summed E-state index contributed by atoms with van der Waals surface area (Å²) in [5, 5.41) is 3.57. The molecule has 1 aromatic rings. The van der Waals surface area contributed by atoms with E-state index in [1.165, 1.54) is 37.1 Å². The molecule has 0 aliphatic carbocycles. The minimum atomic E-state index is 0.673. The number of nitrogens with zero attached hydrogens (tertiary/aromatic N) is 1. The highest BCUT2D eigenvalue weighted by Crippen LogP contribution is 2.32. The summed E-state index contributed by atoms with van der Waals surface area (Å²) >= 11 is 0. The zero-order valence-electron chi connectivity index (χ0n) is 10.4. The van der Waals surface area contributed by atoms with Crippen LogP contribution in [-0.4, -0.2) is 32.8 Å². The summed E-state index contributed by atoms with van der Waals surface area (Å²) in [7, 11) is 1.74. The molecule has 0 unspecified atom stereocenters. The molecule has 2 heterocycles. The van der Waals surface area contributed by atoms with Gasteiger partial charge in [0.2, 0.25) is 0 Å². The van der Waals surface area contributed by atoms with Crippen LogP contribution in [0.25, 0.3) is 0 Å². The predicted octanol–water partition coefficient (Wildman–Crippen LogP) is 1.81. The number of anilines is 1. The highest BCUT2D eigenvalue weighted by Gasteiger charge is 2.23. The Kier molecular flexibility index (Phi) is 2.93. The number of hydrogen-bond acceptors (Lipinski definition) is 3. The Morgan fingerprint density at radius 2 is 2.41 bits per heavy atom. The fourth-order valence-electron chi connectivity index (χ4n) is 2.92. The van der Waals surface area contributed by atoms with Crippen LogP contribution in [-0.2, 0) is 6.42 Å². The number of hydrogen-bond donors (Lipinski definition) is 1. The van der Waals surface area contributed by atoms with Gasteiger partial charge >= 0.3 is 0 Å². The average Bonchev–Trinajstić information content (AvgIpc) is 2.99. The fraction of sp³-hybridized carbons (Fsp3) is 0.571. The first kappa shape index (κ1) is 10.9. The van der Waals surface area contributed by atoms with E-state index in [0.29, 0.717) is 6.04 Å². The van der Waals surface area contributed by atoms with Gasteiger partial charge in [-0.15, -0.1) is 0 Å². The van der Waals surface area contributed by atoms with E-state index in [-0.39, 0.29) is 0 Å². The highest BCUT2D eigenvalue weighted by molar-refractivity contribution is 5.61. The van der Waals surface area contributed by atoms with Crippen LogP contribution in [0, 0.1) is 0 Å². The van der Waals surface area contributed by atoms with Crippen molar-refractivity contribution in [1.29, 1.82) is 0 Å². The normalized spacial score (nSPS) is 22.9. The summed E-state index contributed by atoms with van der Waals surface area (Å²) in [6, 6.07) is 7.12. The number of ether oxygens (including phenoxy) is 1. The second kappa shape index (κ2) is 4.57. The van der Waals surface area contributed by atoms with Crippen molar-refractivity contribution >= 4 is 5.69 Å². The van der Waals surface area contributed by atoms with Crippen LogP contribution in [0.2, 0.25) is 0 Å². The number of nitrogens with one attached hydrogen (secondary N) is 1. The molecule has 0 aromatic heterocycles. The zero-order valence-corrected chi connectivity index (χ0v) is 10.4. The quantitative estimate of drug-likeness (QED) is 0.860. The summed E-state index contributed by atoms with van der Waals surface area (Å²) < 4.78 is 5.32. The summed E-state index contributed by atoms with van der Waals surface area (Å²) in [5.41, 5.74) is 2.84. The number of rotatable bonds is 3. The van der Waals surface area contributed by atoms with E-state index in [1.807, 2.05) is 0 Å². The molecular formula is C14H20N2O. The molecule has 1 fully saturated rings. The molecular weight excluding hydrogens is 212 g/mol. The van der Waals surface area contributed by atoms with Crippen LogP contribution in [0.1, 0.15) is 18.4 Å². The van der Waals surface area contributed by atoms with Crippen molar-refractivity contribution in [3.05, 3.63) is 23.8 Å². The monoisotopic (exact) mass is 232 g/mol. The third-order valence-electron chi connectivity index (χ3n) is 3.89. The van der Waals surface area contributed by atoms with Crippen LogP contribution in [0.3, 0.4) is 0 Å². The van der Waals surface area contributed by atoms with E-state index in [2.05, 4.69) is 28.4 Å². The van der Waals surface area contributed by atoms with Crippen molar-refractivity contribution in [2.75, 3.05) is 31.6 Å². The number of benzene rings is 1. The SMILES string of the molecule is COc1ccc2c(c1)N(C[C@H]1CCCN1)CC2. The van der Waals surface area contributed by atoms with Crippen molar-refractivity contribution in [2.45, 2.75) is 25.3 Å². The molecule has 1 atom stereocenters. The summed E-state index contributed by atoms with van der Waals surface area (Å²) in [5.74, 6) is 0.968. The molecule has 0 amide bonds. The van der Waals surface area contributed by atoms with Gasteiger partial charge in [-0.2, -0.15) is 0 Å². The Hall–Kier alpha value is -1.22. The molecule has 3 rings (SSSR count). The Balaban J connectivity index is 1.76. The smallest absolute Gasteiger partial charge is 0.120 e. The first-order valence-corrected chi connectivity index (χ1v) is 6.52. The summed E-state index contributed by atoms with van der Waals surface area (Å²) in [6.45, 7) is 3.48. The molecule has 0 bridgehead atoms. The van der Waals surface area contributed by atoms with Crippen molar-refractivity contribution < 1.29 is 4.74 Å². The third-order valence-corrected chi connectivity index (χ3v) is 3.89. The van der Waals surface area contributed by atoms with Gasteiger partial charge < -0.3 is 15.0 Å². The van der Waals surface area contributed by atoms with Crippen LogP contribution in [0.4, 0.5) is 5.69 Å². The van der Waals surface area contributed by atoms with Crippen LogP contribution in [0.5, 0.6) is 5.75 Å². The van der Waals surface area contributed by atoms with E-state index < -0.39 is 0 Å². The first-order chi connectivity index (χ1) is 8.36. The Labute approximate surface area is 103 Å². The fourth-order valence-corrected chi connectivity index (χ4v) is 2.92. The van der Waals surface area contributed by atoms with Crippen LogP contribution >= 0.6 is 0 Å². The largest absolute Gasteiger partial charge is 0.497 e. The summed E-state index contributed by atoms with van der Waals surface area (Å²) in [6.07, 6.45) is 3.81. The van der Waals surface area contributed by atoms with Gasteiger partial charge in [0, 0.05) is 30.9 Å². The topological polar surface area (TPSA) is 24.5 Å². The number of methoxy groups -OCH3 is 1. The lowest BCUT2D eigenvalue weighted by Gasteiger charge is -2.23. The van der Waals surface area contributed by atoms with E-state index in [9.17, 15) is 0 Å². The molecule has 1 aromatic carbocycles. The zero-order chi connectivity index (χ0) is 11.7. The Morgan fingerprint density at radius 3 is 3.18 bits per heavy atom. The van der Waals surface area contributed by atoms with E-state index >= 15 is 0 Å². The van der Waals surface area contributed by atoms with Crippen LogP contribution < -0.4 is 15.0 Å².